The highest BCUT2D eigenvalue weighted by Crippen LogP contribution is 2.30. The molecule has 1 aromatic rings. The van der Waals surface area contributed by atoms with Crippen LogP contribution >= 0.6 is 0 Å². The highest BCUT2D eigenvalue weighted by atomic mass is 16.5. The maximum absolute atomic E-state index is 5.72. The minimum absolute atomic E-state index is 0.0578. The summed E-state index contributed by atoms with van der Waals surface area (Å²) < 4.78 is 5.72. The first kappa shape index (κ1) is 11.4. The van der Waals surface area contributed by atoms with Crippen molar-refractivity contribution in [3.63, 3.8) is 0 Å². The van der Waals surface area contributed by atoms with Crippen LogP contribution in [0.4, 0.5) is 0 Å². The van der Waals surface area contributed by atoms with Crippen LogP contribution in [0.1, 0.15) is 18.4 Å². The normalized spacial score (nSPS) is 14.8. The van der Waals surface area contributed by atoms with Gasteiger partial charge in [0.2, 0.25) is 5.96 Å². The quantitative estimate of drug-likeness (QED) is 0.452. The van der Waals surface area contributed by atoms with Crippen LogP contribution in [0.3, 0.4) is 0 Å². The first-order valence-electron chi connectivity index (χ1n) is 5.59. The summed E-state index contributed by atoms with van der Waals surface area (Å²) in [6.45, 7) is 0.771. The number of para-hydroxylation sites is 1. The predicted octanol–water partition coefficient (Wildman–Crippen LogP) is 1.08. The van der Waals surface area contributed by atoms with Crippen LogP contribution in [0.2, 0.25) is 0 Å². The van der Waals surface area contributed by atoms with Crippen LogP contribution in [-0.2, 0) is 0 Å². The highest BCUT2D eigenvalue weighted by Gasteiger charge is 2.22. The van der Waals surface area contributed by atoms with Crippen LogP contribution in [0, 0.1) is 5.92 Å². The van der Waals surface area contributed by atoms with Gasteiger partial charge < -0.3 is 16.2 Å². The minimum Gasteiger partial charge on any atom is -0.493 e. The number of guanidine groups is 1. The Morgan fingerprint density at radius 2 is 2.12 bits per heavy atom. The van der Waals surface area contributed by atoms with E-state index in [1.807, 2.05) is 24.3 Å². The third-order valence-corrected chi connectivity index (χ3v) is 2.46. The maximum atomic E-state index is 5.72. The van der Waals surface area contributed by atoms with Crippen molar-refractivity contribution in [3.8, 4) is 5.75 Å². The Hall–Kier alpha value is -2.04. The fraction of sp³-hybridized carbons (Fsp3) is 0.333. The van der Waals surface area contributed by atoms with E-state index >= 15 is 0 Å². The van der Waals surface area contributed by atoms with Crippen molar-refractivity contribution in [3.05, 3.63) is 29.8 Å². The van der Waals surface area contributed by atoms with Crippen LogP contribution in [0.5, 0.6) is 5.75 Å². The Morgan fingerprint density at radius 3 is 2.82 bits per heavy atom. The zero-order chi connectivity index (χ0) is 12.1. The van der Waals surface area contributed by atoms with E-state index in [-0.39, 0.29) is 5.96 Å². The Balaban J connectivity index is 2.03. The van der Waals surface area contributed by atoms with Gasteiger partial charge in [0.1, 0.15) is 5.75 Å². The topological polar surface area (TPSA) is 86.0 Å². The van der Waals surface area contributed by atoms with Crippen molar-refractivity contribution in [2.75, 3.05) is 6.61 Å². The molecule has 0 aliphatic heterocycles. The van der Waals surface area contributed by atoms with Gasteiger partial charge in [-0.05, 0) is 30.9 Å². The molecule has 0 radical (unpaired) electrons. The lowest BCUT2D eigenvalue weighted by Crippen LogP contribution is -2.21. The lowest BCUT2D eigenvalue weighted by Gasteiger charge is -2.07. The van der Waals surface area contributed by atoms with E-state index < -0.39 is 0 Å². The summed E-state index contributed by atoms with van der Waals surface area (Å²) in [6.07, 6.45) is 4.12. The molecule has 0 amide bonds. The molecule has 0 atom stereocenters. The van der Waals surface area contributed by atoms with E-state index in [1.54, 1.807) is 6.21 Å². The highest BCUT2D eigenvalue weighted by molar-refractivity contribution is 5.84. The molecule has 0 heterocycles. The van der Waals surface area contributed by atoms with Gasteiger partial charge in [0.25, 0.3) is 0 Å². The second-order valence-electron chi connectivity index (χ2n) is 4.06. The Kier molecular flexibility index (Phi) is 3.59. The molecule has 2 rings (SSSR count). The van der Waals surface area contributed by atoms with Crippen molar-refractivity contribution in [2.45, 2.75) is 12.8 Å². The molecule has 0 saturated heterocycles. The van der Waals surface area contributed by atoms with Crippen LogP contribution in [0.15, 0.2) is 34.5 Å². The van der Waals surface area contributed by atoms with Gasteiger partial charge >= 0.3 is 0 Å². The summed E-state index contributed by atoms with van der Waals surface area (Å²) in [5.74, 6) is 1.48. The van der Waals surface area contributed by atoms with Gasteiger partial charge in [-0.1, -0.05) is 12.1 Å². The van der Waals surface area contributed by atoms with Gasteiger partial charge in [0, 0.05) is 5.56 Å². The number of hydrogen-bond donors (Lipinski definition) is 2. The van der Waals surface area contributed by atoms with E-state index in [0.29, 0.717) is 0 Å². The number of nitrogens with zero attached hydrogens (tertiary/aromatic N) is 2. The molecule has 0 unspecified atom stereocenters. The molecule has 0 bridgehead atoms. The monoisotopic (exact) mass is 232 g/mol. The first-order valence-corrected chi connectivity index (χ1v) is 5.59. The minimum atomic E-state index is -0.0578. The summed E-state index contributed by atoms with van der Waals surface area (Å²) in [6, 6.07) is 7.67. The average molecular weight is 232 g/mol. The van der Waals surface area contributed by atoms with E-state index in [9.17, 15) is 0 Å². The molecule has 1 saturated carbocycles. The SMILES string of the molecule is NC(N)=NN=Cc1ccccc1OCC1CC1. The molecule has 0 aromatic heterocycles. The fourth-order valence-corrected chi connectivity index (χ4v) is 1.37. The molecule has 90 valence electrons. The molecule has 5 nitrogen and oxygen atoms in total. The van der Waals surface area contributed by atoms with Crippen LogP contribution in [0.25, 0.3) is 0 Å². The lowest BCUT2D eigenvalue weighted by molar-refractivity contribution is 0.299. The zero-order valence-electron chi connectivity index (χ0n) is 9.54. The largest absolute Gasteiger partial charge is 0.493 e. The third kappa shape index (κ3) is 3.79. The number of benzene rings is 1. The van der Waals surface area contributed by atoms with Crippen molar-refractivity contribution >= 4 is 12.2 Å². The standard InChI is InChI=1S/C12H16N4O/c13-12(14)16-15-7-10-3-1-2-4-11(10)17-8-9-5-6-9/h1-4,7,9H,5-6,8H2,(H4,13,14,16). The van der Waals surface area contributed by atoms with Gasteiger partial charge in [0.15, 0.2) is 0 Å². The fourth-order valence-electron chi connectivity index (χ4n) is 1.37. The summed E-state index contributed by atoms with van der Waals surface area (Å²) in [7, 11) is 0. The molecule has 5 heteroatoms. The zero-order valence-corrected chi connectivity index (χ0v) is 9.54. The number of ether oxygens (including phenoxy) is 1. The molecule has 1 aromatic carbocycles. The molecular formula is C12H16N4O. The van der Waals surface area contributed by atoms with E-state index in [0.717, 1.165) is 23.8 Å². The van der Waals surface area contributed by atoms with Crippen LogP contribution in [-0.4, -0.2) is 18.8 Å². The van der Waals surface area contributed by atoms with E-state index in [2.05, 4.69) is 10.2 Å². The molecule has 1 aliphatic rings. The lowest BCUT2D eigenvalue weighted by atomic mass is 10.2. The molecule has 4 N–H and O–H groups in total. The Labute approximate surface area is 100 Å². The van der Waals surface area contributed by atoms with Crippen molar-refractivity contribution in [1.29, 1.82) is 0 Å². The number of hydrogen-bond acceptors (Lipinski definition) is 3. The van der Waals surface area contributed by atoms with Crippen LogP contribution < -0.4 is 16.2 Å². The summed E-state index contributed by atoms with van der Waals surface area (Å²) in [4.78, 5) is 0. The van der Waals surface area contributed by atoms with Crippen molar-refractivity contribution in [1.82, 2.24) is 0 Å². The summed E-state index contributed by atoms with van der Waals surface area (Å²) in [5.41, 5.74) is 11.2. The smallest absolute Gasteiger partial charge is 0.211 e. The van der Waals surface area contributed by atoms with E-state index in [4.69, 9.17) is 16.2 Å². The predicted molar refractivity (Wildman–Crippen MR) is 68.1 cm³/mol. The molecular weight excluding hydrogens is 216 g/mol. The van der Waals surface area contributed by atoms with Crippen molar-refractivity contribution in [2.24, 2.45) is 27.6 Å². The van der Waals surface area contributed by atoms with E-state index in [1.165, 1.54) is 12.8 Å². The van der Waals surface area contributed by atoms with Gasteiger partial charge in [0.05, 0.1) is 12.8 Å². The molecule has 1 fully saturated rings. The van der Waals surface area contributed by atoms with Crippen molar-refractivity contribution < 1.29 is 4.74 Å². The average Bonchev–Trinajstić information content (AvgIpc) is 3.11. The Morgan fingerprint density at radius 1 is 1.35 bits per heavy atom. The number of nitrogens with two attached hydrogens (primary N) is 2. The van der Waals surface area contributed by atoms with Gasteiger partial charge in [-0.3, -0.25) is 0 Å². The second-order valence-corrected chi connectivity index (χ2v) is 4.06. The summed E-state index contributed by atoms with van der Waals surface area (Å²) >= 11 is 0. The van der Waals surface area contributed by atoms with Gasteiger partial charge in [-0.25, -0.2) is 0 Å². The first-order chi connectivity index (χ1) is 8.25. The molecule has 0 spiro atoms. The number of rotatable bonds is 5. The summed E-state index contributed by atoms with van der Waals surface area (Å²) in [5, 5.41) is 7.33. The molecule has 1 aliphatic carbocycles. The molecule has 17 heavy (non-hydrogen) atoms. The maximum Gasteiger partial charge on any atom is 0.211 e. The second kappa shape index (κ2) is 5.34. The Bertz CT molecular complexity index is 434. The van der Waals surface area contributed by atoms with Gasteiger partial charge in [-0.15, -0.1) is 5.10 Å². The third-order valence-electron chi connectivity index (χ3n) is 2.46. The van der Waals surface area contributed by atoms with Gasteiger partial charge in [-0.2, -0.15) is 5.10 Å².